The van der Waals surface area contributed by atoms with Gasteiger partial charge in [-0.05, 0) is 44.4 Å². The number of hydrogen-bond donors (Lipinski definition) is 2. The number of nitrogens with zero attached hydrogens (tertiary/aromatic N) is 4. The van der Waals surface area contributed by atoms with E-state index in [9.17, 15) is 8.42 Å². The molecular formula is C21H24N6O2S. The highest BCUT2D eigenvalue weighted by atomic mass is 32.2. The molecule has 30 heavy (non-hydrogen) atoms. The van der Waals surface area contributed by atoms with Crippen molar-refractivity contribution in [1.82, 2.24) is 24.2 Å². The third-order valence-electron chi connectivity index (χ3n) is 5.27. The lowest BCUT2D eigenvalue weighted by molar-refractivity contribution is 0.569. The lowest BCUT2D eigenvalue weighted by Crippen LogP contribution is -2.25. The number of benzene rings is 1. The molecule has 0 unspecified atom stereocenters. The van der Waals surface area contributed by atoms with Gasteiger partial charge in [-0.3, -0.25) is 4.98 Å². The molecule has 4 rings (SSSR count). The van der Waals surface area contributed by atoms with E-state index in [4.69, 9.17) is 5.73 Å². The van der Waals surface area contributed by atoms with Crippen LogP contribution in [0.3, 0.4) is 0 Å². The number of aryl methyl sites for hydroxylation is 3. The molecule has 3 aromatic heterocycles. The van der Waals surface area contributed by atoms with Crippen molar-refractivity contribution in [2.45, 2.75) is 38.1 Å². The molecule has 8 nitrogen and oxygen atoms in total. The summed E-state index contributed by atoms with van der Waals surface area (Å²) in [5.41, 5.74) is 10.1. The Balaban J connectivity index is 1.40. The molecule has 0 spiro atoms. The van der Waals surface area contributed by atoms with Crippen LogP contribution in [0.25, 0.3) is 21.9 Å². The Labute approximate surface area is 175 Å². The summed E-state index contributed by atoms with van der Waals surface area (Å²) in [7, 11) is -3.63. The molecule has 3 N–H and O–H groups in total. The molecule has 0 aliphatic heterocycles. The van der Waals surface area contributed by atoms with Crippen LogP contribution >= 0.6 is 0 Å². The van der Waals surface area contributed by atoms with E-state index in [0.717, 1.165) is 35.1 Å². The molecule has 9 heteroatoms. The van der Waals surface area contributed by atoms with Crippen LogP contribution in [0.1, 0.15) is 24.1 Å². The molecule has 0 aliphatic rings. The fourth-order valence-electron chi connectivity index (χ4n) is 3.61. The second kappa shape index (κ2) is 8.00. The van der Waals surface area contributed by atoms with Gasteiger partial charge >= 0.3 is 0 Å². The first kappa shape index (κ1) is 20.2. The number of rotatable bonds is 7. The first-order chi connectivity index (χ1) is 14.4. The van der Waals surface area contributed by atoms with Crippen LogP contribution in [0.15, 0.2) is 47.8 Å². The van der Waals surface area contributed by atoms with Crippen molar-refractivity contribution >= 4 is 37.8 Å². The highest BCUT2D eigenvalue weighted by Gasteiger charge is 2.17. The number of aromatic nitrogens is 4. The lowest BCUT2D eigenvalue weighted by atomic mass is 10.2. The Morgan fingerprint density at radius 3 is 2.70 bits per heavy atom. The van der Waals surface area contributed by atoms with Crippen molar-refractivity contribution in [3.63, 3.8) is 0 Å². The molecule has 0 bridgehead atoms. The third kappa shape index (κ3) is 3.73. The smallest absolute Gasteiger partial charge is 0.242 e. The summed E-state index contributed by atoms with van der Waals surface area (Å²) in [6.07, 6.45) is 4.85. The quantitative estimate of drug-likeness (QED) is 0.441. The summed E-state index contributed by atoms with van der Waals surface area (Å²) in [6.45, 7) is 5.01. The number of para-hydroxylation sites is 1. The summed E-state index contributed by atoms with van der Waals surface area (Å²) in [5, 5.41) is 0.798. The van der Waals surface area contributed by atoms with Crippen LogP contribution in [0.2, 0.25) is 0 Å². The van der Waals surface area contributed by atoms with Gasteiger partial charge in [0, 0.05) is 30.4 Å². The first-order valence-electron chi connectivity index (χ1n) is 9.79. The number of imidazole rings is 1. The predicted molar refractivity (Wildman–Crippen MR) is 118 cm³/mol. The van der Waals surface area contributed by atoms with Crippen LogP contribution in [-0.4, -0.2) is 34.5 Å². The van der Waals surface area contributed by atoms with Gasteiger partial charge in [0.25, 0.3) is 0 Å². The molecule has 156 valence electrons. The molecule has 0 aliphatic carbocycles. The van der Waals surface area contributed by atoms with Gasteiger partial charge in [0.05, 0.1) is 17.4 Å². The molecule has 0 fully saturated rings. The number of sulfonamides is 1. The maximum atomic E-state index is 12.7. The van der Waals surface area contributed by atoms with Crippen molar-refractivity contribution in [1.29, 1.82) is 0 Å². The average Bonchev–Trinajstić information content (AvgIpc) is 3.16. The summed E-state index contributed by atoms with van der Waals surface area (Å²) >= 11 is 0. The summed E-state index contributed by atoms with van der Waals surface area (Å²) in [5.74, 6) is 0.434. The van der Waals surface area contributed by atoms with Crippen LogP contribution in [0, 0.1) is 13.8 Å². The molecule has 0 amide bonds. The highest BCUT2D eigenvalue weighted by Crippen LogP contribution is 2.24. The van der Waals surface area contributed by atoms with Crippen LogP contribution in [0.5, 0.6) is 0 Å². The lowest BCUT2D eigenvalue weighted by Gasteiger charge is -2.10. The van der Waals surface area contributed by atoms with E-state index in [-0.39, 0.29) is 4.90 Å². The number of pyridine rings is 2. The number of anilines is 1. The minimum atomic E-state index is -3.63. The molecule has 0 atom stereocenters. The number of hydrogen-bond acceptors (Lipinski definition) is 6. The Hall–Kier alpha value is -3.04. The fourth-order valence-corrected chi connectivity index (χ4v) is 4.86. The Morgan fingerprint density at radius 2 is 1.87 bits per heavy atom. The minimum absolute atomic E-state index is 0.204. The molecule has 4 aromatic rings. The average molecular weight is 425 g/mol. The zero-order valence-electron chi connectivity index (χ0n) is 17.0. The van der Waals surface area contributed by atoms with Crippen molar-refractivity contribution in [2.75, 3.05) is 12.3 Å². The van der Waals surface area contributed by atoms with Gasteiger partial charge in [-0.15, -0.1) is 0 Å². The van der Waals surface area contributed by atoms with E-state index in [1.54, 1.807) is 30.7 Å². The topological polar surface area (TPSA) is 116 Å². The molecule has 0 saturated heterocycles. The van der Waals surface area contributed by atoms with Crippen LogP contribution in [-0.2, 0) is 16.6 Å². The zero-order chi connectivity index (χ0) is 21.3. The van der Waals surface area contributed by atoms with Gasteiger partial charge in [-0.2, -0.15) is 0 Å². The minimum Gasteiger partial charge on any atom is -0.382 e. The van der Waals surface area contributed by atoms with E-state index in [1.807, 2.05) is 26.0 Å². The summed E-state index contributed by atoms with van der Waals surface area (Å²) in [6, 6.07) is 8.80. The number of nitrogens with one attached hydrogen (secondary N) is 1. The van der Waals surface area contributed by atoms with Crippen LogP contribution < -0.4 is 10.5 Å². The standard InChI is InChI=1S/C21H24N6O2S/c1-14-15(2)26-21(22)19-20(14)27(13-24-19)12-4-3-11-25-30(28,29)17-9-5-7-16-8-6-10-23-18(16)17/h5-10,13,25H,3-4,11-12H2,1-2H3,(H2,22,26). The normalized spacial score (nSPS) is 12.1. The zero-order valence-corrected chi connectivity index (χ0v) is 17.8. The number of nitrogens with two attached hydrogens (primary N) is 1. The number of fused-ring (bicyclic) bond motifs is 2. The molecular weight excluding hydrogens is 400 g/mol. The highest BCUT2D eigenvalue weighted by molar-refractivity contribution is 7.89. The summed E-state index contributed by atoms with van der Waals surface area (Å²) in [4.78, 5) is 13.1. The molecule has 0 radical (unpaired) electrons. The van der Waals surface area contributed by atoms with E-state index in [2.05, 4.69) is 24.2 Å². The fraction of sp³-hybridized carbons (Fsp3) is 0.286. The molecule has 3 heterocycles. The number of nitrogen functional groups attached to an aromatic ring is 1. The molecule has 0 saturated carbocycles. The van der Waals surface area contributed by atoms with Gasteiger partial charge in [-0.25, -0.2) is 23.1 Å². The largest absolute Gasteiger partial charge is 0.382 e. The van der Waals surface area contributed by atoms with E-state index in [0.29, 0.717) is 29.8 Å². The van der Waals surface area contributed by atoms with Crippen molar-refractivity contribution in [2.24, 2.45) is 0 Å². The van der Waals surface area contributed by atoms with Crippen molar-refractivity contribution in [3.05, 3.63) is 54.1 Å². The van der Waals surface area contributed by atoms with E-state index in [1.165, 1.54) is 0 Å². The third-order valence-corrected chi connectivity index (χ3v) is 6.76. The maximum absolute atomic E-state index is 12.7. The Kier molecular flexibility index (Phi) is 5.40. The predicted octanol–water partition coefficient (Wildman–Crippen LogP) is 2.94. The van der Waals surface area contributed by atoms with Gasteiger partial charge in [-0.1, -0.05) is 18.2 Å². The second-order valence-corrected chi connectivity index (χ2v) is 9.01. The first-order valence-corrected chi connectivity index (χ1v) is 11.3. The SMILES string of the molecule is Cc1nc(N)c2ncn(CCCCNS(=O)(=O)c3cccc4cccnc34)c2c1C. The van der Waals surface area contributed by atoms with E-state index >= 15 is 0 Å². The van der Waals surface area contributed by atoms with Crippen LogP contribution in [0.4, 0.5) is 5.82 Å². The number of unbranched alkanes of at least 4 members (excludes halogenated alkanes) is 1. The Morgan fingerprint density at radius 1 is 1.07 bits per heavy atom. The maximum Gasteiger partial charge on any atom is 0.242 e. The van der Waals surface area contributed by atoms with Gasteiger partial charge in [0.2, 0.25) is 10.0 Å². The van der Waals surface area contributed by atoms with Crippen molar-refractivity contribution in [3.8, 4) is 0 Å². The van der Waals surface area contributed by atoms with Crippen molar-refractivity contribution < 1.29 is 8.42 Å². The van der Waals surface area contributed by atoms with E-state index < -0.39 is 10.0 Å². The Bertz CT molecular complexity index is 1330. The van der Waals surface area contributed by atoms with Gasteiger partial charge in [0.15, 0.2) is 5.82 Å². The van der Waals surface area contributed by atoms with Gasteiger partial charge in [0.1, 0.15) is 10.4 Å². The monoisotopic (exact) mass is 424 g/mol. The summed E-state index contributed by atoms with van der Waals surface area (Å²) < 4.78 is 30.2. The molecule has 1 aromatic carbocycles. The second-order valence-electron chi connectivity index (χ2n) is 7.28. The van der Waals surface area contributed by atoms with Gasteiger partial charge < -0.3 is 10.3 Å².